The van der Waals surface area contributed by atoms with Crippen molar-refractivity contribution in [3.8, 4) is 5.88 Å². The van der Waals surface area contributed by atoms with Gasteiger partial charge in [0.2, 0.25) is 0 Å². The molecule has 0 spiro atoms. The fraction of sp³-hybridized carbons (Fsp3) is 0.583. The molecule has 0 radical (unpaired) electrons. The number of nitrogens with zero attached hydrogens (tertiary/aromatic N) is 2. The Labute approximate surface area is 102 Å². The van der Waals surface area contributed by atoms with Gasteiger partial charge in [0.25, 0.3) is 5.88 Å². The molecule has 0 aliphatic rings. The maximum absolute atomic E-state index is 13.7. The molecule has 96 valence electrons. The van der Waals surface area contributed by atoms with E-state index < -0.39 is 5.82 Å². The Morgan fingerprint density at radius 3 is 2.71 bits per heavy atom. The number of halogens is 1. The minimum Gasteiger partial charge on any atom is -0.474 e. The highest BCUT2D eigenvalue weighted by Gasteiger charge is 2.09. The van der Waals surface area contributed by atoms with Gasteiger partial charge in [0, 0.05) is 24.8 Å². The summed E-state index contributed by atoms with van der Waals surface area (Å²) in [6, 6.07) is 1.56. The summed E-state index contributed by atoms with van der Waals surface area (Å²) in [4.78, 5) is 6.06. The number of hydrogen-bond acceptors (Lipinski definition) is 4. The van der Waals surface area contributed by atoms with Gasteiger partial charge in [0.1, 0.15) is 6.61 Å². The molecular formula is C12H20FN3O. The molecule has 0 aromatic carbocycles. The van der Waals surface area contributed by atoms with Crippen LogP contribution in [0.25, 0.3) is 0 Å². The molecule has 0 atom stereocenters. The number of hydrogen-bond donors (Lipinski definition) is 1. The van der Waals surface area contributed by atoms with E-state index in [1.807, 2.05) is 0 Å². The second kappa shape index (κ2) is 7.19. The topological polar surface area (TPSA) is 51.4 Å². The molecule has 1 heterocycles. The Hall–Kier alpha value is -1.20. The molecule has 1 aromatic heterocycles. The van der Waals surface area contributed by atoms with Gasteiger partial charge < -0.3 is 15.4 Å². The Morgan fingerprint density at radius 2 is 2.12 bits per heavy atom. The summed E-state index contributed by atoms with van der Waals surface area (Å²) in [7, 11) is 0. The maximum atomic E-state index is 13.7. The summed E-state index contributed by atoms with van der Waals surface area (Å²) in [5.41, 5.74) is 5.84. The molecule has 4 nitrogen and oxygen atoms in total. The Morgan fingerprint density at radius 1 is 1.41 bits per heavy atom. The van der Waals surface area contributed by atoms with Gasteiger partial charge in [-0.05, 0) is 19.2 Å². The molecule has 0 aliphatic heterocycles. The maximum Gasteiger partial charge on any atom is 0.250 e. The molecule has 2 N–H and O–H groups in total. The van der Waals surface area contributed by atoms with Crippen LogP contribution in [0.4, 0.5) is 4.39 Å². The second-order valence-corrected chi connectivity index (χ2v) is 3.67. The number of likely N-dealkylation sites (N-methyl/N-ethyl adjacent to an activating group) is 1. The molecule has 0 saturated heterocycles. The third-order valence-electron chi connectivity index (χ3n) is 2.70. The Kier molecular flexibility index (Phi) is 5.86. The van der Waals surface area contributed by atoms with Crippen LogP contribution in [-0.2, 0) is 6.54 Å². The van der Waals surface area contributed by atoms with Crippen molar-refractivity contribution in [3.05, 3.63) is 23.6 Å². The number of pyridine rings is 1. The van der Waals surface area contributed by atoms with Gasteiger partial charge in [-0.3, -0.25) is 0 Å². The molecule has 0 saturated carbocycles. The van der Waals surface area contributed by atoms with E-state index >= 15 is 0 Å². The zero-order valence-corrected chi connectivity index (χ0v) is 10.4. The molecular weight excluding hydrogens is 221 g/mol. The number of nitrogens with two attached hydrogens (primary N) is 1. The molecule has 0 fully saturated rings. The van der Waals surface area contributed by atoms with Crippen molar-refractivity contribution in [2.75, 3.05) is 26.2 Å². The van der Waals surface area contributed by atoms with Gasteiger partial charge in [-0.15, -0.1) is 0 Å². The van der Waals surface area contributed by atoms with E-state index in [0.29, 0.717) is 12.2 Å². The second-order valence-electron chi connectivity index (χ2n) is 3.67. The number of ether oxygens (including phenoxy) is 1. The van der Waals surface area contributed by atoms with E-state index in [0.717, 1.165) is 19.6 Å². The van der Waals surface area contributed by atoms with Crippen LogP contribution in [0.5, 0.6) is 5.88 Å². The highest BCUT2D eigenvalue weighted by Crippen LogP contribution is 2.16. The van der Waals surface area contributed by atoms with E-state index in [-0.39, 0.29) is 12.4 Å². The molecule has 1 rings (SSSR count). The van der Waals surface area contributed by atoms with Crippen LogP contribution < -0.4 is 10.5 Å². The van der Waals surface area contributed by atoms with Crippen LogP contribution in [0, 0.1) is 5.82 Å². The molecule has 1 aromatic rings. The van der Waals surface area contributed by atoms with Crippen molar-refractivity contribution in [1.82, 2.24) is 9.88 Å². The summed E-state index contributed by atoms with van der Waals surface area (Å²) >= 11 is 0. The summed E-state index contributed by atoms with van der Waals surface area (Å²) in [6.07, 6.45) is 1.51. The van der Waals surface area contributed by atoms with Crippen molar-refractivity contribution in [2.45, 2.75) is 20.4 Å². The first-order chi connectivity index (χ1) is 8.22. The number of rotatable bonds is 7. The highest BCUT2D eigenvalue weighted by atomic mass is 19.1. The quantitative estimate of drug-likeness (QED) is 0.784. The zero-order chi connectivity index (χ0) is 12.7. The van der Waals surface area contributed by atoms with Crippen LogP contribution in [0.2, 0.25) is 0 Å². The predicted octanol–water partition coefficient (Wildman–Crippen LogP) is 1.40. The van der Waals surface area contributed by atoms with Crippen molar-refractivity contribution in [2.24, 2.45) is 5.73 Å². The van der Waals surface area contributed by atoms with E-state index in [1.54, 1.807) is 6.07 Å². The average molecular weight is 241 g/mol. The van der Waals surface area contributed by atoms with Gasteiger partial charge in [0.05, 0.1) is 0 Å². The monoisotopic (exact) mass is 241 g/mol. The van der Waals surface area contributed by atoms with Crippen molar-refractivity contribution >= 4 is 0 Å². The Bertz CT molecular complexity index is 343. The molecule has 0 unspecified atom stereocenters. The largest absolute Gasteiger partial charge is 0.474 e. The Balaban J connectivity index is 2.52. The van der Waals surface area contributed by atoms with E-state index in [2.05, 4.69) is 23.7 Å². The fourth-order valence-corrected chi connectivity index (χ4v) is 1.53. The van der Waals surface area contributed by atoms with Gasteiger partial charge in [-0.1, -0.05) is 13.8 Å². The predicted molar refractivity (Wildman–Crippen MR) is 65.4 cm³/mol. The van der Waals surface area contributed by atoms with E-state index in [4.69, 9.17) is 10.5 Å². The van der Waals surface area contributed by atoms with E-state index in [9.17, 15) is 4.39 Å². The van der Waals surface area contributed by atoms with Crippen LogP contribution >= 0.6 is 0 Å². The van der Waals surface area contributed by atoms with Crippen molar-refractivity contribution in [1.29, 1.82) is 0 Å². The SMILES string of the molecule is CCN(CC)CCOc1nccc(CN)c1F. The van der Waals surface area contributed by atoms with Crippen LogP contribution in [-0.4, -0.2) is 36.1 Å². The summed E-state index contributed by atoms with van der Waals surface area (Å²) < 4.78 is 19.0. The minimum atomic E-state index is -0.449. The highest BCUT2D eigenvalue weighted by molar-refractivity contribution is 5.23. The summed E-state index contributed by atoms with van der Waals surface area (Å²) in [5.74, 6) is -0.408. The normalized spacial score (nSPS) is 10.9. The van der Waals surface area contributed by atoms with Gasteiger partial charge >= 0.3 is 0 Å². The van der Waals surface area contributed by atoms with Crippen LogP contribution in [0.15, 0.2) is 12.3 Å². The van der Waals surface area contributed by atoms with Crippen LogP contribution in [0.3, 0.4) is 0 Å². The van der Waals surface area contributed by atoms with Gasteiger partial charge in [-0.2, -0.15) is 0 Å². The minimum absolute atomic E-state index is 0.0418. The molecule has 17 heavy (non-hydrogen) atoms. The standard InChI is InChI=1S/C12H20FN3O/c1-3-16(4-2)7-8-17-12-11(13)10(9-14)5-6-15-12/h5-6H,3-4,7-9,14H2,1-2H3. The fourth-order valence-electron chi connectivity index (χ4n) is 1.53. The lowest BCUT2D eigenvalue weighted by molar-refractivity contribution is 0.211. The molecule has 0 bridgehead atoms. The lowest BCUT2D eigenvalue weighted by atomic mass is 10.2. The lowest BCUT2D eigenvalue weighted by Gasteiger charge is -2.17. The zero-order valence-electron chi connectivity index (χ0n) is 10.4. The molecule has 0 aliphatic carbocycles. The molecule has 0 amide bonds. The van der Waals surface area contributed by atoms with Crippen molar-refractivity contribution in [3.63, 3.8) is 0 Å². The first kappa shape index (κ1) is 13.9. The number of aromatic nitrogens is 1. The summed E-state index contributed by atoms with van der Waals surface area (Å²) in [5, 5.41) is 0. The van der Waals surface area contributed by atoms with E-state index in [1.165, 1.54) is 6.20 Å². The smallest absolute Gasteiger partial charge is 0.250 e. The average Bonchev–Trinajstić information content (AvgIpc) is 2.36. The lowest BCUT2D eigenvalue weighted by Crippen LogP contribution is -2.28. The van der Waals surface area contributed by atoms with Gasteiger partial charge in [-0.25, -0.2) is 9.37 Å². The van der Waals surface area contributed by atoms with Crippen LogP contribution in [0.1, 0.15) is 19.4 Å². The van der Waals surface area contributed by atoms with Crippen molar-refractivity contribution < 1.29 is 9.13 Å². The van der Waals surface area contributed by atoms with Gasteiger partial charge in [0.15, 0.2) is 5.82 Å². The molecule has 5 heteroatoms. The third kappa shape index (κ3) is 3.94. The summed E-state index contributed by atoms with van der Waals surface area (Å²) in [6.45, 7) is 7.42. The third-order valence-corrected chi connectivity index (χ3v) is 2.70. The first-order valence-corrected chi connectivity index (χ1v) is 5.91. The first-order valence-electron chi connectivity index (χ1n) is 5.91.